The lowest BCUT2D eigenvalue weighted by Gasteiger charge is -2.03. The molecule has 0 fully saturated rings. The highest BCUT2D eigenvalue weighted by atomic mass is 28.3. The van der Waals surface area contributed by atoms with Gasteiger partial charge in [0.05, 0.1) is 0 Å². The number of aliphatic hydroxyl groups is 1. The van der Waals surface area contributed by atoms with E-state index in [9.17, 15) is 0 Å². The van der Waals surface area contributed by atoms with Crippen molar-refractivity contribution in [3.63, 3.8) is 0 Å². The van der Waals surface area contributed by atoms with Gasteiger partial charge in [0.25, 0.3) is 0 Å². The van der Waals surface area contributed by atoms with Crippen LogP contribution < -0.4 is 0 Å². The zero-order chi connectivity index (χ0) is 10.2. The molecular formula is C10H20O2Si. The molecule has 0 saturated heterocycles. The lowest BCUT2D eigenvalue weighted by Crippen LogP contribution is -2.16. The maximum Gasteiger partial charge on any atom is 0.129 e. The summed E-state index contributed by atoms with van der Waals surface area (Å²) < 4.78 is 5.27. The summed E-state index contributed by atoms with van der Waals surface area (Å²) in [4.78, 5) is 0. The molecule has 0 aromatic rings. The third kappa shape index (κ3) is 11.7. The van der Waals surface area contributed by atoms with Crippen LogP contribution in [0.2, 0.25) is 19.6 Å². The van der Waals surface area contributed by atoms with Crippen LogP contribution in [-0.4, -0.2) is 33.0 Å². The second-order valence-corrected chi connectivity index (χ2v) is 8.79. The van der Waals surface area contributed by atoms with Crippen molar-refractivity contribution in [2.24, 2.45) is 0 Å². The second-order valence-electron chi connectivity index (χ2n) is 4.04. The SMILES string of the molecule is C[Si](C)(C)C#CCOCCCCO. The number of ether oxygens (including phenoxy) is 1. The molecule has 0 saturated carbocycles. The van der Waals surface area contributed by atoms with Gasteiger partial charge in [-0.15, -0.1) is 5.54 Å². The molecule has 0 spiro atoms. The first-order chi connectivity index (χ1) is 6.06. The van der Waals surface area contributed by atoms with Crippen LogP contribution in [0, 0.1) is 11.5 Å². The Morgan fingerprint density at radius 2 is 1.92 bits per heavy atom. The van der Waals surface area contributed by atoms with E-state index in [0.717, 1.165) is 12.8 Å². The Bertz CT molecular complexity index is 174. The van der Waals surface area contributed by atoms with E-state index in [2.05, 4.69) is 31.1 Å². The molecule has 0 aromatic heterocycles. The van der Waals surface area contributed by atoms with Gasteiger partial charge >= 0.3 is 0 Å². The van der Waals surface area contributed by atoms with Crippen LogP contribution in [0.4, 0.5) is 0 Å². The minimum Gasteiger partial charge on any atom is -0.396 e. The zero-order valence-corrected chi connectivity index (χ0v) is 9.89. The van der Waals surface area contributed by atoms with Gasteiger partial charge in [-0.3, -0.25) is 0 Å². The average molecular weight is 200 g/mol. The Hall–Kier alpha value is -0.303. The predicted octanol–water partition coefficient (Wildman–Crippen LogP) is 1.66. The smallest absolute Gasteiger partial charge is 0.129 e. The summed E-state index contributed by atoms with van der Waals surface area (Å²) in [6.45, 7) is 8.14. The lowest BCUT2D eigenvalue weighted by atomic mass is 10.3. The van der Waals surface area contributed by atoms with Crippen molar-refractivity contribution in [2.45, 2.75) is 32.5 Å². The van der Waals surface area contributed by atoms with Crippen molar-refractivity contribution < 1.29 is 9.84 Å². The van der Waals surface area contributed by atoms with E-state index in [1.54, 1.807) is 0 Å². The molecule has 76 valence electrons. The van der Waals surface area contributed by atoms with Crippen LogP contribution in [-0.2, 0) is 4.74 Å². The summed E-state index contributed by atoms with van der Waals surface area (Å²) in [7, 11) is -1.21. The molecule has 0 unspecified atom stereocenters. The third-order valence-electron chi connectivity index (χ3n) is 1.33. The number of aliphatic hydroxyl groups excluding tert-OH is 1. The monoisotopic (exact) mass is 200 g/mol. The van der Waals surface area contributed by atoms with E-state index in [1.165, 1.54) is 0 Å². The van der Waals surface area contributed by atoms with Crippen molar-refractivity contribution in [2.75, 3.05) is 19.8 Å². The van der Waals surface area contributed by atoms with Gasteiger partial charge in [0, 0.05) is 13.2 Å². The first kappa shape index (κ1) is 12.7. The fourth-order valence-electron chi connectivity index (χ4n) is 0.740. The van der Waals surface area contributed by atoms with Crippen LogP contribution in [0.1, 0.15) is 12.8 Å². The first-order valence-corrected chi connectivity index (χ1v) is 8.25. The van der Waals surface area contributed by atoms with Gasteiger partial charge in [-0.2, -0.15) is 0 Å². The largest absolute Gasteiger partial charge is 0.396 e. The maximum absolute atomic E-state index is 8.50. The Kier molecular flexibility index (Phi) is 6.97. The van der Waals surface area contributed by atoms with E-state index >= 15 is 0 Å². The highest BCUT2D eigenvalue weighted by Crippen LogP contribution is 1.96. The van der Waals surface area contributed by atoms with Crippen molar-refractivity contribution in [3.05, 3.63) is 0 Å². The molecule has 3 heteroatoms. The Morgan fingerprint density at radius 3 is 2.46 bits per heavy atom. The van der Waals surface area contributed by atoms with Gasteiger partial charge in [0.2, 0.25) is 0 Å². The van der Waals surface area contributed by atoms with Gasteiger partial charge in [-0.1, -0.05) is 25.6 Å². The molecular weight excluding hydrogens is 180 g/mol. The molecule has 13 heavy (non-hydrogen) atoms. The number of rotatable bonds is 5. The Morgan fingerprint density at radius 1 is 1.23 bits per heavy atom. The average Bonchev–Trinajstić information content (AvgIpc) is 2.01. The fourth-order valence-corrected chi connectivity index (χ4v) is 1.34. The zero-order valence-electron chi connectivity index (χ0n) is 8.89. The number of hydrogen-bond acceptors (Lipinski definition) is 2. The molecule has 0 aromatic carbocycles. The lowest BCUT2D eigenvalue weighted by molar-refractivity contribution is 0.154. The number of hydrogen-bond donors (Lipinski definition) is 1. The molecule has 0 bridgehead atoms. The van der Waals surface area contributed by atoms with Crippen LogP contribution in [0.3, 0.4) is 0 Å². The van der Waals surface area contributed by atoms with Crippen molar-refractivity contribution >= 4 is 8.07 Å². The molecule has 0 amide bonds. The van der Waals surface area contributed by atoms with Gasteiger partial charge in [0.15, 0.2) is 0 Å². The molecule has 0 heterocycles. The Labute approximate surface area is 82.3 Å². The topological polar surface area (TPSA) is 29.5 Å². The van der Waals surface area contributed by atoms with Gasteiger partial charge in [-0.05, 0) is 12.8 Å². The molecule has 0 rings (SSSR count). The van der Waals surface area contributed by atoms with Gasteiger partial charge in [-0.25, -0.2) is 0 Å². The predicted molar refractivity (Wildman–Crippen MR) is 58.3 cm³/mol. The second kappa shape index (κ2) is 7.13. The van der Waals surface area contributed by atoms with Crippen LogP contribution in [0.15, 0.2) is 0 Å². The highest BCUT2D eigenvalue weighted by Gasteiger charge is 2.06. The van der Waals surface area contributed by atoms with E-state index < -0.39 is 8.07 Å². The summed E-state index contributed by atoms with van der Waals surface area (Å²) in [5, 5.41) is 8.50. The number of unbranched alkanes of at least 4 members (excludes halogenated alkanes) is 1. The highest BCUT2D eigenvalue weighted by molar-refractivity contribution is 6.83. The summed E-state index contributed by atoms with van der Waals surface area (Å²) in [5.41, 5.74) is 3.23. The van der Waals surface area contributed by atoms with Crippen molar-refractivity contribution in [1.82, 2.24) is 0 Å². The molecule has 2 nitrogen and oxygen atoms in total. The van der Waals surface area contributed by atoms with E-state index in [4.69, 9.17) is 9.84 Å². The molecule has 1 N–H and O–H groups in total. The minimum absolute atomic E-state index is 0.254. The Balaban J connectivity index is 3.28. The summed E-state index contributed by atoms with van der Waals surface area (Å²) >= 11 is 0. The molecule has 0 atom stereocenters. The van der Waals surface area contributed by atoms with Crippen LogP contribution >= 0.6 is 0 Å². The maximum atomic E-state index is 8.50. The van der Waals surface area contributed by atoms with Crippen LogP contribution in [0.25, 0.3) is 0 Å². The quantitative estimate of drug-likeness (QED) is 0.415. The molecule has 0 aliphatic rings. The van der Waals surface area contributed by atoms with E-state index in [1.807, 2.05) is 0 Å². The van der Waals surface area contributed by atoms with E-state index in [0.29, 0.717) is 13.2 Å². The summed E-state index contributed by atoms with van der Waals surface area (Å²) in [6, 6.07) is 0. The third-order valence-corrected chi connectivity index (χ3v) is 2.26. The molecule has 0 radical (unpaired) electrons. The normalized spacial score (nSPS) is 10.8. The molecule has 0 aliphatic carbocycles. The standard InChI is InChI=1S/C10H20O2Si/c1-13(2,3)10-6-9-12-8-5-4-7-11/h11H,4-5,7-9H2,1-3H3. The fraction of sp³-hybridized carbons (Fsp3) is 0.800. The summed E-state index contributed by atoms with van der Waals surface area (Å²) in [5.74, 6) is 3.03. The van der Waals surface area contributed by atoms with E-state index in [-0.39, 0.29) is 6.61 Å². The minimum atomic E-state index is -1.21. The first-order valence-electron chi connectivity index (χ1n) is 4.75. The van der Waals surface area contributed by atoms with Crippen molar-refractivity contribution in [3.8, 4) is 11.5 Å². The molecule has 0 aliphatic heterocycles. The summed E-state index contributed by atoms with van der Waals surface area (Å²) in [6.07, 6.45) is 1.74. The van der Waals surface area contributed by atoms with Crippen LogP contribution in [0.5, 0.6) is 0 Å². The van der Waals surface area contributed by atoms with Crippen molar-refractivity contribution in [1.29, 1.82) is 0 Å². The van der Waals surface area contributed by atoms with Gasteiger partial charge < -0.3 is 9.84 Å². The van der Waals surface area contributed by atoms with Gasteiger partial charge in [0.1, 0.15) is 14.7 Å².